The topological polar surface area (TPSA) is 38.7 Å². The van der Waals surface area contributed by atoms with Gasteiger partial charge >= 0.3 is 0 Å². The smallest absolute Gasteiger partial charge is 0.155 e. The van der Waals surface area contributed by atoms with Gasteiger partial charge < -0.3 is 4.84 Å². The normalized spacial score (nSPS) is 12.5. The summed E-state index contributed by atoms with van der Waals surface area (Å²) in [6.07, 6.45) is 5.24. The van der Waals surface area contributed by atoms with E-state index in [0.717, 1.165) is 32.1 Å². The average Bonchev–Trinajstić information content (AvgIpc) is 2.01. The zero-order valence-electron chi connectivity index (χ0n) is 7.38. The van der Waals surface area contributed by atoms with Crippen molar-refractivity contribution in [1.29, 1.82) is 0 Å². The first kappa shape index (κ1) is 10.4. The van der Waals surface area contributed by atoms with Crippen LogP contribution in [0.1, 0.15) is 46.0 Å². The molecule has 0 aliphatic heterocycles. The maximum absolute atomic E-state index is 9.78. The van der Waals surface area contributed by atoms with Crippen molar-refractivity contribution >= 4 is 0 Å². The van der Waals surface area contributed by atoms with E-state index in [1.807, 2.05) is 0 Å². The lowest BCUT2D eigenvalue weighted by Crippen LogP contribution is -2.08. The fourth-order valence-corrected chi connectivity index (χ4v) is 1.06. The van der Waals surface area contributed by atoms with E-state index in [4.69, 9.17) is 0 Å². The molecule has 3 heteroatoms. The Morgan fingerprint density at radius 2 is 2.00 bits per heavy atom. The second-order valence-corrected chi connectivity index (χ2v) is 2.73. The van der Waals surface area contributed by atoms with Gasteiger partial charge in [-0.1, -0.05) is 26.7 Å². The zero-order valence-corrected chi connectivity index (χ0v) is 7.38. The third-order valence-electron chi connectivity index (χ3n) is 1.68. The van der Waals surface area contributed by atoms with Gasteiger partial charge in [0, 0.05) is 0 Å². The molecule has 0 amide bonds. The van der Waals surface area contributed by atoms with Crippen LogP contribution in [0.5, 0.6) is 0 Å². The Morgan fingerprint density at radius 3 is 2.45 bits per heavy atom. The third kappa shape index (κ3) is 5.83. The molecule has 0 saturated carbocycles. The van der Waals surface area contributed by atoms with E-state index in [9.17, 15) is 4.91 Å². The average molecular weight is 159 g/mol. The fraction of sp³-hybridized carbons (Fsp3) is 1.00. The highest BCUT2D eigenvalue weighted by Gasteiger charge is 2.07. The monoisotopic (exact) mass is 159 g/mol. The van der Waals surface area contributed by atoms with Crippen LogP contribution in [0.3, 0.4) is 0 Å². The maximum Gasteiger partial charge on any atom is 0.155 e. The molecule has 0 aliphatic carbocycles. The van der Waals surface area contributed by atoms with Crippen molar-refractivity contribution in [2.24, 2.45) is 5.34 Å². The maximum atomic E-state index is 9.78. The second-order valence-electron chi connectivity index (χ2n) is 2.73. The zero-order chi connectivity index (χ0) is 8.53. The van der Waals surface area contributed by atoms with Gasteiger partial charge in [-0.05, 0) is 19.3 Å². The minimum Gasteiger partial charge on any atom is -0.361 e. The van der Waals surface area contributed by atoms with E-state index in [1.165, 1.54) is 0 Å². The summed E-state index contributed by atoms with van der Waals surface area (Å²) in [5.74, 6) is 0. The minimum absolute atomic E-state index is 0.0532. The highest BCUT2D eigenvalue weighted by Crippen LogP contribution is 2.10. The Bertz CT molecular complexity index is 96.1. The van der Waals surface area contributed by atoms with Crippen molar-refractivity contribution in [3.8, 4) is 0 Å². The molecule has 3 nitrogen and oxygen atoms in total. The van der Waals surface area contributed by atoms with Crippen molar-refractivity contribution in [2.45, 2.75) is 52.1 Å². The molecule has 0 heterocycles. The summed E-state index contributed by atoms with van der Waals surface area (Å²) in [5.41, 5.74) is 0. The number of nitrogens with zero attached hydrogens (tertiary/aromatic N) is 1. The van der Waals surface area contributed by atoms with Crippen molar-refractivity contribution in [1.82, 2.24) is 0 Å². The van der Waals surface area contributed by atoms with Crippen LogP contribution in [0.15, 0.2) is 5.34 Å². The van der Waals surface area contributed by atoms with Gasteiger partial charge in [0.2, 0.25) is 0 Å². The van der Waals surface area contributed by atoms with E-state index < -0.39 is 0 Å². The second kappa shape index (κ2) is 7.51. The van der Waals surface area contributed by atoms with Gasteiger partial charge in [-0.25, -0.2) is 0 Å². The predicted octanol–water partition coefficient (Wildman–Crippen LogP) is 3.04. The van der Waals surface area contributed by atoms with Crippen LogP contribution >= 0.6 is 0 Å². The van der Waals surface area contributed by atoms with E-state index >= 15 is 0 Å². The molecule has 0 fully saturated rings. The van der Waals surface area contributed by atoms with E-state index in [1.54, 1.807) is 0 Å². The van der Waals surface area contributed by atoms with Gasteiger partial charge in [0.05, 0.1) is 0 Å². The standard InChI is InChI=1S/C8H17NO2/c1-3-5-7-8(6-4-2)11-9-10/h8H,3-7H2,1-2H3. The molecule has 0 spiro atoms. The molecule has 0 aliphatic rings. The van der Waals surface area contributed by atoms with Crippen molar-refractivity contribution in [3.05, 3.63) is 4.91 Å². The Balaban J connectivity index is 3.41. The third-order valence-corrected chi connectivity index (χ3v) is 1.68. The molecule has 11 heavy (non-hydrogen) atoms. The first-order valence-corrected chi connectivity index (χ1v) is 4.33. The summed E-state index contributed by atoms with van der Waals surface area (Å²) >= 11 is 0. The molecular weight excluding hydrogens is 142 g/mol. The van der Waals surface area contributed by atoms with Gasteiger partial charge in [0.1, 0.15) is 6.10 Å². The molecule has 1 atom stereocenters. The molecule has 0 aromatic rings. The van der Waals surface area contributed by atoms with Crippen LogP contribution in [-0.4, -0.2) is 6.10 Å². The van der Waals surface area contributed by atoms with Gasteiger partial charge in [0.25, 0.3) is 0 Å². The quantitative estimate of drug-likeness (QED) is 0.423. The summed E-state index contributed by atoms with van der Waals surface area (Å²) in [4.78, 5) is 14.4. The van der Waals surface area contributed by atoms with Gasteiger partial charge in [-0.2, -0.15) is 0 Å². The predicted molar refractivity (Wildman–Crippen MR) is 45.1 cm³/mol. The van der Waals surface area contributed by atoms with E-state index in [0.29, 0.717) is 0 Å². The molecule has 0 N–H and O–H groups in total. The summed E-state index contributed by atoms with van der Waals surface area (Å²) in [7, 11) is 0. The molecule has 0 aromatic carbocycles. The Labute approximate surface area is 68.1 Å². The van der Waals surface area contributed by atoms with Crippen LogP contribution in [0, 0.1) is 4.91 Å². The fourth-order valence-electron chi connectivity index (χ4n) is 1.06. The number of hydrogen-bond acceptors (Lipinski definition) is 3. The number of rotatable bonds is 7. The molecular formula is C8H17NO2. The molecule has 0 radical (unpaired) electrons. The lowest BCUT2D eigenvalue weighted by atomic mass is 10.1. The molecule has 0 rings (SSSR count). The van der Waals surface area contributed by atoms with Gasteiger partial charge in [-0.3, -0.25) is 0 Å². The Morgan fingerprint density at radius 1 is 1.27 bits per heavy atom. The summed E-state index contributed by atoms with van der Waals surface area (Å²) < 4.78 is 0. The molecule has 0 saturated heterocycles. The Kier molecular flexibility index (Phi) is 7.10. The first-order valence-electron chi connectivity index (χ1n) is 4.33. The largest absolute Gasteiger partial charge is 0.361 e. The molecule has 66 valence electrons. The van der Waals surface area contributed by atoms with E-state index in [-0.39, 0.29) is 6.10 Å². The lowest BCUT2D eigenvalue weighted by Gasteiger charge is -2.10. The first-order chi connectivity index (χ1) is 5.35. The summed E-state index contributed by atoms with van der Waals surface area (Å²) in [6, 6.07) is 0. The van der Waals surface area contributed by atoms with Crippen molar-refractivity contribution < 1.29 is 4.84 Å². The van der Waals surface area contributed by atoms with Crippen LogP contribution in [0.4, 0.5) is 0 Å². The van der Waals surface area contributed by atoms with Crippen molar-refractivity contribution in [3.63, 3.8) is 0 Å². The number of hydrogen-bond donors (Lipinski definition) is 0. The highest BCUT2D eigenvalue weighted by atomic mass is 16.7. The van der Waals surface area contributed by atoms with Gasteiger partial charge in [-0.15, -0.1) is 4.91 Å². The minimum atomic E-state index is 0.0532. The van der Waals surface area contributed by atoms with Crippen molar-refractivity contribution in [2.75, 3.05) is 0 Å². The highest BCUT2D eigenvalue weighted by molar-refractivity contribution is 4.55. The SMILES string of the molecule is CCCCC(CCC)ON=O. The molecule has 0 aromatic heterocycles. The van der Waals surface area contributed by atoms with Crippen LogP contribution in [0.25, 0.3) is 0 Å². The molecule has 0 bridgehead atoms. The lowest BCUT2D eigenvalue weighted by molar-refractivity contribution is 0.0413. The van der Waals surface area contributed by atoms with Gasteiger partial charge in [0.15, 0.2) is 5.34 Å². The van der Waals surface area contributed by atoms with Crippen LogP contribution in [-0.2, 0) is 4.84 Å². The molecule has 1 unspecified atom stereocenters. The van der Waals surface area contributed by atoms with Crippen LogP contribution < -0.4 is 0 Å². The Hall–Kier alpha value is -0.600. The van der Waals surface area contributed by atoms with Crippen LogP contribution in [0.2, 0.25) is 0 Å². The number of unbranched alkanes of at least 4 members (excludes halogenated alkanes) is 1. The van der Waals surface area contributed by atoms with E-state index in [2.05, 4.69) is 24.0 Å². The summed E-state index contributed by atoms with van der Waals surface area (Å²) in [5, 5.41) is 2.46. The summed E-state index contributed by atoms with van der Waals surface area (Å²) in [6.45, 7) is 4.20.